The topological polar surface area (TPSA) is 59.1 Å². The fourth-order valence-electron chi connectivity index (χ4n) is 1.96. The van der Waals surface area contributed by atoms with E-state index >= 15 is 0 Å². The standard InChI is InChI=1S/C17H32N2O4/c1-8-9-10-11-15(19(14-21)23-17(5,6)7)12-18(13-20)22-16(2,3)4/h8,13-15H,1,9-12H2,2-7H3. The summed E-state index contributed by atoms with van der Waals surface area (Å²) in [6.07, 6.45) is 5.47. The first-order valence-electron chi connectivity index (χ1n) is 7.97. The van der Waals surface area contributed by atoms with Crippen LogP contribution < -0.4 is 0 Å². The van der Waals surface area contributed by atoms with E-state index in [0.717, 1.165) is 12.8 Å². The summed E-state index contributed by atoms with van der Waals surface area (Å²) in [7, 11) is 0. The fourth-order valence-corrected chi connectivity index (χ4v) is 1.96. The molecule has 134 valence electrons. The Kier molecular flexibility index (Phi) is 9.09. The van der Waals surface area contributed by atoms with Gasteiger partial charge in [0, 0.05) is 0 Å². The van der Waals surface area contributed by atoms with Gasteiger partial charge in [-0.3, -0.25) is 19.3 Å². The summed E-state index contributed by atoms with van der Waals surface area (Å²) in [4.78, 5) is 34.0. The maximum absolute atomic E-state index is 11.4. The highest BCUT2D eigenvalue weighted by Crippen LogP contribution is 2.18. The first-order chi connectivity index (χ1) is 10.5. The van der Waals surface area contributed by atoms with E-state index in [1.807, 2.05) is 47.6 Å². The van der Waals surface area contributed by atoms with Crippen LogP contribution in [0.5, 0.6) is 0 Å². The molecule has 0 rings (SSSR count). The lowest BCUT2D eigenvalue weighted by atomic mass is 10.1. The molecule has 1 atom stereocenters. The Bertz CT molecular complexity index is 372. The number of unbranched alkanes of at least 4 members (excludes halogenated alkanes) is 1. The molecule has 23 heavy (non-hydrogen) atoms. The number of allylic oxidation sites excluding steroid dienone is 1. The molecule has 1 unspecified atom stereocenters. The van der Waals surface area contributed by atoms with Crippen molar-refractivity contribution in [3.05, 3.63) is 12.7 Å². The van der Waals surface area contributed by atoms with Gasteiger partial charge in [0.05, 0.1) is 23.8 Å². The molecule has 0 aromatic carbocycles. The Morgan fingerprint density at radius 2 is 1.57 bits per heavy atom. The molecular formula is C17H32N2O4. The van der Waals surface area contributed by atoms with Gasteiger partial charge in [0.15, 0.2) is 0 Å². The van der Waals surface area contributed by atoms with Crippen LogP contribution in [-0.4, -0.2) is 46.7 Å². The maximum atomic E-state index is 11.4. The second kappa shape index (κ2) is 9.67. The third-order valence-corrected chi connectivity index (χ3v) is 2.69. The van der Waals surface area contributed by atoms with E-state index in [9.17, 15) is 9.59 Å². The molecule has 0 bridgehead atoms. The molecule has 0 aliphatic heterocycles. The van der Waals surface area contributed by atoms with Gasteiger partial charge in [0.2, 0.25) is 12.8 Å². The Morgan fingerprint density at radius 3 is 1.96 bits per heavy atom. The zero-order valence-electron chi connectivity index (χ0n) is 15.4. The minimum absolute atomic E-state index is 0.243. The number of carbonyl (C=O) groups excluding carboxylic acids is 2. The van der Waals surface area contributed by atoms with E-state index in [2.05, 4.69) is 6.58 Å². The van der Waals surface area contributed by atoms with E-state index in [4.69, 9.17) is 9.68 Å². The maximum Gasteiger partial charge on any atom is 0.233 e. The van der Waals surface area contributed by atoms with Crippen LogP contribution in [0, 0.1) is 0 Å². The van der Waals surface area contributed by atoms with Crippen molar-refractivity contribution in [3.8, 4) is 0 Å². The van der Waals surface area contributed by atoms with Crippen molar-refractivity contribution in [2.24, 2.45) is 0 Å². The predicted octanol–water partition coefficient (Wildman–Crippen LogP) is 3.09. The Balaban J connectivity index is 5.04. The Hall–Kier alpha value is -1.40. The minimum atomic E-state index is -0.505. The fraction of sp³-hybridized carbons (Fsp3) is 0.765. The molecule has 0 aromatic heterocycles. The molecule has 0 aromatic rings. The highest BCUT2D eigenvalue weighted by atomic mass is 16.7. The highest BCUT2D eigenvalue weighted by Gasteiger charge is 2.27. The number of nitrogens with zero attached hydrogens (tertiary/aromatic N) is 2. The number of amides is 2. The molecule has 0 fully saturated rings. The van der Waals surface area contributed by atoms with Crippen molar-refractivity contribution in [1.82, 2.24) is 10.1 Å². The molecule has 0 heterocycles. The predicted molar refractivity (Wildman–Crippen MR) is 90.2 cm³/mol. The second-order valence-corrected chi connectivity index (χ2v) is 7.45. The summed E-state index contributed by atoms with van der Waals surface area (Å²) in [5.74, 6) is 0. The zero-order chi connectivity index (χ0) is 18.1. The van der Waals surface area contributed by atoms with Gasteiger partial charge < -0.3 is 0 Å². The summed E-state index contributed by atoms with van der Waals surface area (Å²) >= 11 is 0. The highest BCUT2D eigenvalue weighted by molar-refractivity contribution is 5.47. The van der Waals surface area contributed by atoms with Gasteiger partial charge in [0.1, 0.15) is 0 Å². The second-order valence-electron chi connectivity index (χ2n) is 7.45. The van der Waals surface area contributed by atoms with Crippen molar-refractivity contribution in [2.45, 2.75) is 78.0 Å². The van der Waals surface area contributed by atoms with Gasteiger partial charge >= 0.3 is 0 Å². The van der Waals surface area contributed by atoms with Crippen LogP contribution in [0.4, 0.5) is 0 Å². The van der Waals surface area contributed by atoms with Gasteiger partial charge in [-0.2, -0.15) is 0 Å². The van der Waals surface area contributed by atoms with Crippen molar-refractivity contribution in [1.29, 1.82) is 0 Å². The third kappa shape index (κ3) is 10.9. The molecule has 0 aliphatic carbocycles. The molecular weight excluding hydrogens is 296 g/mol. The monoisotopic (exact) mass is 328 g/mol. The molecule has 0 N–H and O–H groups in total. The summed E-state index contributed by atoms with van der Waals surface area (Å²) in [5.41, 5.74) is -1.00. The van der Waals surface area contributed by atoms with Crippen LogP contribution in [0.25, 0.3) is 0 Å². The van der Waals surface area contributed by atoms with Crippen LogP contribution in [0.3, 0.4) is 0 Å². The van der Waals surface area contributed by atoms with Crippen molar-refractivity contribution < 1.29 is 19.3 Å². The van der Waals surface area contributed by atoms with Crippen LogP contribution >= 0.6 is 0 Å². The van der Waals surface area contributed by atoms with Gasteiger partial charge in [0.25, 0.3) is 0 Å². The number of hydroxylamine groups is 4. The van der Waals surface area contributed by atoms with Gasteiger partial charge in [-0.1, -0.05) is 6.08 Å². The summed E-state index contributed by atoms with van der Waals surface area (Å²) in [5, 5.41) is 2.51. The number of hydrogen-bond acceptors (Lipinski definition) is 4. The van der Waals surface area contributed by atoms with E-state index in [1.165, 1.54) is 10.1 Å². The zero-order valence-corrected chi connectivity index (χ0v) is 15.4. The number of carbonyl (C=O) groups is 2. The van der Waals surface area contributed by atoms with E-state index < -0.39 is 11.2 Å². The van der Waals surface area contributed by atoms with Crippen molar-refractivity contribution in [2.75, 3.05) is 6.54 Å². The molecule has 0 saturated carbocycles. The Labute approximate surface area is 140 Å². The third-order valence-electron chi connectivity index (χ3n) is 2.69. The lowest BCUT2D eigenvalue weighted by molar-refractivity contribution is -0.256. The molecule has 0 saturated heterocycles. The minimum Gasteiger partial charge on any atom is -0.276 e. The molecule has 0 spiro atoms. The van der Waals surface area contributed by atoms with Crippen LogP contribution in [-0.2, 0) is 19.3 Å². The van der Waals surface area contributed by atoms with Crippen molar-refractivity contribution in [3.63, 3.8) is 0 Å². The molecule has 0 aliphatic rings. The van der Waals surface area contributed by atoms with Gasteiger partial charge in [-0.15, -0.1) is 6.58 Å². The number of rotatable bonds is 11. The normalized spacial score (nSPS) is 13.3. The van der Waals surface area contributed by atoms with Gasteiger partial charge in [-0.25, -0.2) is 10.1 Å². The molecule has 6 heteroatoms. The molecule has 2 amide bonds. The summed E-state index contributed by atoms with van der Waals surface area (Å²) in [6.45, 7) is 15.1. The van der Waals surface area contributed by atoms with E-state index in [-0.39, 0.29) is 12.6 Å². The smallest absolute Gasteiger partial charge is 0.233 e. The van der Waals surface area contributed by atoms with Crippen LogP contribution in [0.1, 0.15) is 60.8 Å². The largest absolute Gasteiger partial charge is 0.276 e. The summed E-state index contributed by atoms with van der Waals surface area (Å²) < 4.78 is 0. The average Bonchev–Trinajstić information content (AvgIpc) is 2.40. The van der Waals surface area contributed by atoms with E-state index in [1.54, 1.807) is 0 Å². The van der Waals surface area contributed by atoms with Crippen molar-refractivity contribution >= 4 is 12.8 Å². The lowest BCUT2D eigenvalue weighted by Gasteiger charge is -2.36. The SMILES string of the molecule is C=CCCCC(CN(C=O)OC(C)(C)C)N(C=O)OC(C)(C)C. The van der Waals surface area contributed by atoms with Crippen LogP contribution in [0.2, 0.25) is 0 Å². The molecule has 6 nitrogen and oxygen atoms in total. The Morgan fingerprint density at radius 1 is 1.00 bits per heavy atom. The first-order valence-corrected chi connectivity index (χ1v) is 7.97. The number of hydrogen-bond donors (Lipinski definition) is 0. The quantitative estimate of drug-likeness (QED) is 0.253. The lowest BCUT2D eigenvalue weighted by Crippen LogP contribution is -2.47. The average molecular weight is 328 g/mol. The molecule has 0 radical (unpaired) electrons. The van der Waals surface area contributed by atoms with E-state index in [0.29, 0.717) is 19.2 Å². The van der Waals surface area contributed by atoms with Crippen LogP contribution in [0.15, 0.2) is 12.7 Å². The van der Waals surface area contributed by atoms with Gasteiger partial charge in [-0.05, 0) is 60.8 Å². The summed E-state index contributed by atoms with van der Waals surface area (Å²) in [6, 6.07) is -0.292. The first kappa shape index (κ1) is 21.6.